The fourth-order valence-electron chi connectivity index (χ4n) is 1.97. The number of unbranched alkanes of at least 4 members (excludes halogenated alkanes) is 11. The van der Waals surface area contributed by atoms with Crippen molar-refractivity contribution >= 4 is 11.6 Å². The largest absolute Gasteiger partial charge is 0.127 e. The first kappa shape index (κ1) is 16.0. The van der Waals surface area contributed by atoms with E-state index >= 15 is 0 Å². The molecule has 0 aromatic heterocycles. The van der Waals surface area contributed by atoms with Crippen molar-refractivity contribution in [2.24, 2.45) is 0 Å². The Morgan fingerprint density at radius 2 is 1.00 bits per heavy atom. The van der Waals surface area contributed by atoms with E-state index in [-0.39, 0.29) is 0 Å². The van der Waals surface area contributed by atoms with Crippen LogP contribution in [0.3, 0.4) is 0 Å². The van der Waals surface area contributed by atoms with E-state index in [1.807, 2.05) is 6.08 Å². The Morgan fingerprint density at radius 1 is 0.625 bits per heavy atom. The van der Waals surface area contributed by atoms with Crippen LogP contribution in [0.1, 0.15) is 77.0 Å². The number of hydrogen-bond donors (Lipinski definition) is 0. The first-order valence-electron chi connectivity index (χ1n) is 7.08. The van der Waals surface area contributed by atoms with Crippen molar-refractivity contribution < 1.29 is 0 Å². The summed E-state index contributed by atoms with van der Waals surface area (Å²) in [5, 5.41) is 0. The van der Waals surface area contributed by atoms with E-state index in [1.54, 1.807) is 0 Å². The smallest absolute Gasteiger partial charge is 0.0223 e. The number of alkyl halides is 1. The van der Waals surface area contributed by atoms with Gasteiger partial charge in [0.1, 0.15) is 0 Å². The quantitative estimate of drug-likeness (QED) is 0.209. The molecule has 0 nitrogen and oxygen atoms in total. The maximum absolute atomic E-state index is 5.63. The van der Waals surface area contributed by atoms with Gasteiger partial charge in [0.05, 0.1) is 0 Å². The van der Waals surface area contributed by atoms with Crippen molar-refractivity contribution in [3.63, 3.8) is 0 Å². The van der Waals surface area contributed by atoms with E-state index in [0.29, 0.717) is 0 Å². The van der Waals surface area contributed by atoms with E-state index in [1.165, 1.54) is 77.0 Å². The lowest BCUT2D eigenvalue weighted by Crippen LogP contribution is -1.82. The second kappa shape index (κ2) is 15.0. The van der Waals surface area contributed by atoms with Crippen molar-refractivity contribution in [1.29, 1.82) is 0 Å². The molecule has 0 saturated heterocycles. The summed E-state index contributed by atoms with van der Waals surface area (Å²) < 4.78 is 0. The highest BCUT2D eigenvalue weighted by Gasteiger charge is 1.92. The lowest BCUT2D eigenvalue weighted by molar-refractivity contribution is 0.551. The predicted octanol–water partition coefficient (Wildman–Crippen LogP) is 6.09. The van der Waals surface area contributed by atoms with Crippen molar-refractivity contribution in [3.8, 4) is 0 Å². The van der Waals surface area contributed by atoms with Gasteiger partial charge < -0.3 is 0 Å². The van der Waals surface area contributed by atoms with Crippen LogP contribution < -0.4 is 0 Å². The monoisotopic (exact) mass is 244 g/mol. The van der Waals surface area contributed by atoms with Crippen molar-refractivity contribution in [2.45, 2.75) is 77.0 Å². The van der Waals surface area contributed by atoms with Crippen LogP contribution in [0.5, 0.6) is 0 Å². The third-order valence-corrected chi connectivity index (χ3v) is 3.31. The Bertz CT molecular complexity index is 131. The SMILES string of the molecule is C=CCCCCCCCCCCCCCCl. The van der Waals surface area contributed by atoms with E-state index in [0.717, 1.165) is 5.88 Å². The van der Waals surface area contributed by atoms with E-state index < -0.39 is 0 Å². The first-order chi connectivity index (χ1) is 7.91. The van der Waals surface area contributed by atoms with Crippen LogP contribution in [0.25, 0.3) is 0 Å². The molecule has 0 aliphatic heterocycles. The van der Waals surface area contributed by atoms with Gasteiger partial charge in [-0.2, -0.15) is 0 Å². The minimum absolute atomic E-state index is 0.838. The Hall–Kier alpha value is 0.0300. The summed E-state index contributed by atoms with van der Waals surface area (Å²) in [6.07, 6.45) is 18.4. The molecule has 96 valence electrons. The van der Waals surface area contributed by atoms with Gasteiger partial charge in [-0.05, 0) is 19.3 Å². The molecule has 0 aliphatic carbocycles. The van der Waals surface area contributed by atoms with Crippen LogP contribution in [-0.2, 0) is 0 Å². The summed E-state index contributed by atoms with van der Waals surface area (Å²) in [5.74, 6) is 0.838. The maximum Gasteiger partial charge on any atom is 0.0223 e. The zero-order valence-electron chi connectivity index (χ0n) is 10.9. The van der Waals surface area contributed by atoms with Gasteiger partial charge in [-0.15, -0.1) is 18.2 Å². The van der Waals surface area contributed by atoms with Gasteiger partial charge in [0.25, 0.3) is 0 Å². The van der Waals surface area contributed by atoms with Gasteiger partial charge in [0.15, 0.2) is 0 Å². The molecule has 0 aromatic rings. The fraction of sp³-hybridized carbons (Fsp3) is 0.867. The van der Waals surface area contributed by atoms with Crippen LogP contribution in [0, 0.1) is 0 Å². The van der Waals surface area contributed by atoms with Crippen LogP contribution in [0.4, 0.5) is 0 Å². The van der Waals surface area contributed by atoms with E-state index in [2.05, 4.69) is 6.58 Å². The Morgan fingerprint density at radius 3 is 1.38 bits per heavy atom. The normalized spacial score (nSPS) is 10.6. The highest BCUT2D eigenvalue weighted by Crippen LogP contribution is 2.12. The lowest BCUT2D eigenvalue weighted by atomic mass is 10.1. The average Bonchev–Trinajstić information content (AvgIpc) is 2.31. The molecule has 0 amide bonds. The van der Waals surface area contributed by atoms with Crippen molar-refractivity contribution in [3.05, 3.63) is 12.7 Å². The summed E-state index contributed by atoms with van der Waals surface area (Å²) in [5.41, 5.74) is 0. The Labute approximate surface area is 107 Å². The number of rotatable bonds is 13. The molecular weight excluding hydrogens is 216 g/mol. The molecule has 0 aromatic carbocycles. The van der Waals surface area contributed by atoms with Gasteiger partial charge in [-0.1, -0.05) is 63.9 Å². The highest BCUT2D eigenvalue weighted by atomic mass is 35.5. The first-order valence-corrected chi connectivity index (χ1v) is 7.62. The van der Waals surface area contributed by atoms with Gasteiger partial charge in [-0.3, -0.25) is 0 Å². The second-order valence-corrected chi connectivity index (χ2v) is 5.03. The van der Waals surface area contributed by atoms with Crippen molar-refractivity contribution in [2.75, 3.05) is 5.88 Å². The zero-order chi connectivity index (χ0) is 11.9. The molecule has 0 radical (unpaired) electrons. The molecule has 0 heterocycles. The average molecular weight is 245 g/mol. The van der Waals surface area contributed by atoms with Gasteiger partial charge >= 0.3 is 0 Å². The van der Waals surface area contributed by atoms with E-state index in [4.69, 9.17) is 11.6 Å². The van der Waals surface area contributed by atoms with Gasteiger partial charge in [-0.25, -0.2) is 0 Å². The van der Waals surface area contributed by atoms with Gasteiger partial charge in [0, 0.05) is 5.88 Å². The van der Waals surface area contributed by atoms with Crippen LogP contribution in [-0.4, -0.2) is 5.88 Å². The number of allylic oxidation sites excluding steroid dienone is 1. The fourth-order valence-corrected chi connectivity index (χ4v) is 2.16. The molecule has 0 spiro atoms. The second-order valence-electron chi connectivity index (χ2n) is 4.66. The topological polar surface area (TPSA) is 0 Å². The maximum atomic E-state index is 5.63. The van der Waals surface area contributed by atoms with Gasteiger partial charge in [0.2, 0.25) is 0 Å². The summed E-state index contributed by atoms with van der Waals surface area (Å²) in [4.78, 5) is 0. The molecule has 0 rings (SSSR count). The number of hydrogen-bond acceptors (Lipinski definition) is 0. The molecule has 0 aliphatic rings. The predicted molar refractivity (Wildman–Crippen MR) is 76.3 cm³/mol. The molecular formula is C15H29Cl. The van der Waals surface area contributed by atoms with Crippen molar-refractivity contribution in [1.82, 2.24) is 0 Å². The third kappa shape index (κ3) is 14.0. The third-order valence-electron chi connectivity index (χ3n) is 3.04. The summed E-state index contributed by atoms with van der Waals surface area (Å²) >= 11 is 5.63. The minimum Gasteiger partial charge on any atom is -0.127 e. The van der Waals surface area contributed by atoms with Crippen LogP contribution >= 0.6 is 11.6 Å². The zero-order valence-corrected chi connectivity index (χ0v) is 11.6. The van der Waals surface area contributed by atoms with Crippen LogP contribution in [0.2, 0.25) is 0 Å². The molecule has 0 saturated carbocycles. The summed E-state index contributed by atoms with van der Waals surface area (Å²) in [7, 11) is 0. The molecule has 0 unspecified atom stereocenters. The molecule has 0 fully saturated rings. The van der Waals surface area contributed by atoms with Crippen LogP contribution in [0.15, 0.2) is 12.7 Å². The summed E-state index contributed by atoms with van der Waals surface area (Å²) in [6, 6.07) is 0. The standard InChI is InChI=1S/C15H29Cl/c1-2-3-4-5-6-7-8-9-10-11-12-13-14-15-16/h2H,1,3-15H2. The molecule has 0 bridgehead atoms. The number of halogens is 1. The summed E-state index contributed by atoms with van der Waals surface area (Å²) in [6.45, 7) is 3.74. The molecule has 1 heteroatoms. The molecule has 0 atom stereocenters. The lowest BCUT2D eigenvalue weighted by Gasteiger charge is -2.01. The highest BCUT2D eigenvalue weighted by molar-refractivity contribution is 6.17. The minimum atomic E-state index is 0.838. The Balaban J connectivity index is 2.85. The Kier molecular flexibility index (Phi) is 15.1. The molecule has 16 heavy (non-hydrogen) atoms. The van der Waals surface area contributed by atoms with E-state index in [9.17, 15) is 0 Å². The molecule has 0 N–H and O–H groups in total.